The lowest BCUT2D eigenvalue weighted by Crippen LogP contribution is -2.19. The minimum absolute atomic E-state index is 0.0732. The Hall–Kier alpha value is -1.56. The summed E-state index contributed by atoms with van der Waals surface area (Å²) >= 11 is 5.51. The lowest BCUT2D eigenvalue weighted by molar-refractivity contribution is 0.0328. The molecule has 0 aliphatic heterocycles. The summed E-state index contributed by atoms with van der Waals surface area (Å²) in [5, 5.41) is 20.1. The van der Waals surface area contributed by atoms with Crippen molar-refractivity contribution in [2.45, 2.75) is 12.2 Å². The van der Waals surface area contributed by atoms with Crippen molar-refractivity contribution in [1.29, 1.82) is 0 Å². The van der Waals surface area contributed by atoms with Gasteiger partial charge in [0.05, 0.1) is 24.7 Å². The molecule has 0 bridgehead atoms. The Labute approximate surface area is 114 Å². The van der Waals surface area contributed by atoms with Crippen molar-refractivity contribution in [2.24, 2.45) is 0 Å². The lowest BCUT2D eigenvalue weighted by atomic mass is 10.0. The molecule has 1 heterocycles. The standard InChI is InChI=1S/C13H14ClNO4/c1-19-13(18)9-6-15-10-3-2-7(4-8(9)10)12(17)11(16)5-14/h2-4,6,11-12,15-17H,5H2,1H3. The number of alkyl halides is 1. The van der Waals surface area contributed by atoms with Crippen molar-refractivity contribution in [1.82, 2.24) is 4.98 Å². The van der Waals surface area contributed by atoms with E-state index in [9.17, 15) is 15.0 Å². The Kier molecular flexibility index (Phi) is 4.09. The third kappa shape index (κ3) is 2.58. The van der Waals surface area contributed by atoms with Gasteiger partial charge < -0.3 is 19.9 Å². The van der Waals surface area contributed by atoms with Gasteiger partial charge in [-0.1, -0.05) is 6.07 Å². The number of esters is 1. The van der Waals surface area contributed by atoms with Crippen LogP contribution in [0.3, 0.4) is 0 Å². The van der Waals surface area contributed by atoms with Gasteiger partial charge in [-0.15, -0.1) is 11.6 Å². The zero-order chi connectivity index (χ0) is 14.0. The molecule has 2 unspecified atom stereocenters. The molecule has 0 saturated heterocycles. The number of ether oxygens (including phenoxy) is 1. The summed E-state index contributed by atoms with van der Waals surface area (Å²) < 4.78 is 4.68. The minimum atomic E-state index is -1.10. The molecular formula is C13H14ClNO4. The molecule has 0 aliphatic carbocycles. The maximum atomic E-state index is 11.6. The van der Waals surface area contributed by atoms with Crippen LogP contribution in [0.15, 0.2) is 24.4 Å². The molecule has 0 saturated carbocycles. The smallest absolute Gasteiger partial charge is 0.340 e. The third-order valence-electron chi connectivity index (χ3n) is 2.98. The fraction of sp³-hybridized carbons (Fsp3) is 0.308. The summed E-state index contributed by atoms with van der Waals surface area (Å²) in [5.41, 5.74) is 1.62. The Bertz CT molecular complexity index is 595. The van der Waals surface area contributed by atoms with Gasteiger partial charge in [0.1, 0.15) is 6.10 Å². The number of aliphatic hydroxyl groups excluding tert-OH is 2. The lowest BCUT2D eigenvalue weighted by Gasteiger charge is -2.15. The molecule has 0 spiro atoms. The largest absolute Gasteiger partial charge is 0.465 e. The monoisotopic (exact) mass is 283 g/mol. The number of fused-ring (bicyclic) bond motifs is 1. The fourth-order valence-electron chi connectivity index (χ4n) is 1.91. The summed E-state index contributed by atoms with van der Waals surface area (Å²) in [7, 11) is 1.30. The van der Waals surface area contributed by atoms with E-state index in [1.54, 1.807) is 24.4 Å². The van der Waals surface area contributed by atoms with Gasteiger partial charge in [0.15, 0.2) is 0 Å². The van der Waals surface area contributed by atoms with E-state index in [-0.39, 0.29) is 5.88 Å². The molecule has 3 N–H and O–H groups in total. The van der Waals surface area contributed by atoms with E-state index in [2.05, 4.69) is 9.72 Å². The number of aromatic amines is 1. The zero-order valence-corrected chi connectivity index (χ0v) is 11.0. The number of rotatable bonds is 4. The maximum Gasteiger partial charge on any atom is 0.340 e. The molecule has 1 aromatic heterocycles. The van der Waals surface area contributed by atoms with Crippen LogP contribution in [-0.2, 0) is 4.74 Å². The Balaban J connectivity index is 2.46. The number of benzene rings is 1. The average Bonchev–Trinajstić information content (AvgIpc) is 2.87. The Morgan fingerprint density at radius 2 is 2.21 bits per heavy atom. The highest BCUT2D eigenvalue weighted by atomic mass is 35.5. The fourth-order valence-corrected chi connectivity index (χ4v) is 2.08. The number of hydrogen-bond acceptors (Lipinski definition) is 4. The van der Waals surface area contributed by atoms with Crippen LogP contribution in [0, 0.1) is 0 Å². The van der Waals surface area contributed by atoms with Gasteiger partial charge in [-0.25, -0.2) is 4.79 Å². The number of H-pyrrole nitrogens is 1. The van der Waals surface area contributed by atoms with Gasteiger partial charge in [-0.05, 0) is 17.7 Å². The molecule has 0 radical (unpaired) electrons. The number of aliphatic hydroxyl groups is 2. The van der Waals surface area contributed by atoms with Crippen LogP contribution in [0.1, 0.15) is 22.0 Å². The van der Waals surface area contributed by atoms with Gasteiger partial charge in [0.25, 0.3) is 0 Å². The highest BCUT2D eigenvalue weighted by Crippen LogP contribution is 2.25. The first-order valence-electron chi connectivity index (χ1n) is 5.70. The van der Waals surface area contributed by atoms with Crippen LogP contribution in [0.25, 0.3) is 10.9 Å². The number of carbonyl (C=O) groups is 1. The first kappa shape index (κ1) is 13.9. The summed E-state index contributed by atoms with van der Waals surface area (Å²) in [6.07, 6.45) is -0.605. The first-order chi connectivity index (χ1) is 9.08. The number of halogens is 1. The summed E-state index contributed by atoms with van der Waals surface area (Å²) in [6.45, 7) is 0. The molecule has 1 aromatic carbocycles. The van der Waals surface area contributed by atoms with Crippen LogP contribution in [0.5, 0.6) is 0 Å². The van der Waals surface area contributed by atoms with Crippen molar-refractivity contribution in [2.75, 3.05) is 13.0 Å². The Morgan fingerprint density at radius 3 is 2.84 bits per heavy atom. The predicted octanol–water partition coefficient (Wildman–Crippen LogP) is 1.59. The van der Waals surface area contributed by atoms with Crippen molar-refractivity contribution in [3.8, 4) is 0 Å². The van der Waals surface area contributed by atoms with Crippen molar-refractivity contribution in [3.63, 3.8) is 0 Å². The van der Waals surface area contributed by atoms with Crippen LogP contribution in [0.2, 0.25) is 0 Å². The number of hydrogen-bond donors (Lipinski definition) is 3. The van der Waals surface area contributed by atoms with Gasteiger partial charge in [-0.3, -0.25) is 0 Å². The van der Waals surface area contributed by atoms with Gasteiger partial charge in [-0.2, -0.15) is 0 Å². The molecule has 0 aliphatic rings. The molecule has 5 nitrogen and oxygen atoms in total. The van der Waals surface area contributed by atoms with Crippen LogP contribution >= 0.6 is 11.6 Å². The number of aromatic nitrogens is 1. The summed E-state index contributed by atoms with van der Waals surface area (Å²) in [5.74, 6) is -0.535. The molecule has 2 rings (SSSR count). The second-order valence-corrected chi connectivity index (χ2v) is 4.47. The number of carbonyl (C=O) groups excluding carboxylic acids is 1. The van der Waals surface area contributed by atoms with E-state index in [0.29, 0.717) is 16.5 Å². The van der Waals surface area contributed by atoms with Crippen LogP contribution < -0.4 is 0 Å². The molecule has 2 aromatic rings. The normalized spacial score (nSPS) is 14.3. The highest BCUT2D eigenvalue weighted by molar-refractivity contribution is 6.18. The quantitative estimate of drug-likeness (QED) is 0.588. The Morgan fingerprint density at radius 1 is 1.47 bits per heavy atom. The maximum absolute atomic E-state index is 11.6. The zero-order valence-electron chi connectivity index (χ0n) is 10.3. The van der Waals surface area contributed by atoms with E-state index < -0.39 is 18.2 Å². The number of methoxy groups -OCH3 is 1. The molecule has 0 fully saturated rings. The summed E-state index contributed by atoms with van der Waals surface area (Å²) in [4.78, 5) is 14.5. The second kappa shape index (κ2) is 5.61. The van der Waals surface area contributed by atoms with Crippen molar-refractivity contribution >= 4 is 28.5 Å². The van der Waals surface area contributed by atoms with Crippen LogP contribution in [-0.4, -0.2) is 40.3 Å². The first-order valence-corrected chi connectivity index (χ1v) is 6.23. The number of nitrogens with one attached hydrogen (secondary N) is 1. The highest BCUT2D eigenvalue weighted by Gasteiger charge is 2.19. The molecule has 0 amide bonds. The van der Waals surface area contributed by atoms with Gasteiger partial charge >= 0.3 is 5.97 Å². The third-order valence-corrected chi connectivity index (χ3v) is 3.29. The van der Waals surface area contributed by atoms with E-state index >= 15 is 0 Å². The molecular weight excluding hydrogens is 270 g/mol. The predicted molar refractivity (Wildman–Crippen MR) is 71.3 cm³/mol. The van der Waals surface area contributed by atoms with E-state index in [1.807, 2.05) is 0 Å². The van der Waals surface area contributed by atoms with Crippen molar-refractivity contribution in [3.05, 3.63) is 35.5 Å². The van der Waals surface area contributed by atoms with Crippen molar-refractivity contribution < 1.29 is 19.7 Å². The van der Waals surface area contributed by atoms with Gasteiger partial charge in [0.2, 0.25) is 0 Å². The van der Waals surface area contributed by atoms with E-state index in [1.165, 1.54) is 7.11 Å². The topological polar surface area (TPSA) is 82.6 Å². The molecule has 102 valence electrons. The van der Waals surface area contributed by atoms with E-state index in [0.717, 1.165) is 5.52 Å². The second-order valence-electron chi connectivity index (χ2n) is 4.17. The average molecular weight is 284 g/mol. The van der Waals surface area contributed by atoms with Gasteiger partial charge in [0, 0.05) is 17.1 Å². The summed E-state index contributed by atoms with van der Waals surface area (Å²) in [6, 6.07) is 5.03. The van der Waals surface area contributed by atoms with E-state index in [4.69, 9.17) is 11.6 Å². The van der Waals surface area contributed by atoms with Crippen LogP contribution in [0.4, 0.5) is 0 Å². The molecule has 6 heteroatoms. The molecule has 19 heavy (non-hydrogen) atoms. The SMILES string of the molecule is COC(=O)c1c[nH]c2ccc(C(O)C(O)CCl)cc12. The molecule has 2 atom stereocenters. The minimum Gasteiger partial charge on any atom is -0.465 e.